The van der Waals surface area contributed by atoms with Crippen LogP contribution in [0.15, 0.2) is 71.6 Å². The van der Waals surface area contributed by atoms with E-state index < -0.39 is 10.0 Å². The van der Waals surface area contributed by atoms with E-state index in [9.17, 15) is 13.2 Å². The summed E-state index contributed by atoms with van der Waals surface area (Å²) in [7, 11) is -3.68. The summed E-state index contributed by atoms with van der Waals surface area (Å²) in [5.74, 6) is 0.392. The van der Waals surface area contributed by atoms with Crippen LogP contribution >= 0.6 is 0 Å². The van der Waals surface area contributed by atoms with E-state index in [1.807, 2.05) is 56.3 Å². The number of hydrogen-bond donors (Lipinski definition) is 2. The van der Waals surface area contributed by atoms with Crippen molar-refractivity contribution in [3.8, 4) is 5.75 Å². The van der Waals surface area contributed by atoms with Gasteiger partial charge in [-0.25, -0.2) is 13.1 Å². The molecule has 0 heterocycles. The van der Waals surface area contributed by atoms with Crippen LogP contribution in [0.2, 0.25) is 0 Å². The van der Waals surface area contributed by atoms with Crippen molar-refractivity contribution in [2.24, 2.45) is 0 Å². The van der Waals surface area contributed by atoms with Crippen LogP contribution < -0.4 is 14.8 Å². The summed E-state index contributed by atoms with van der Waals surface area (Å²) in [6.07, 6.45) is 0.0470. The van der Waals surface area contributed by atoms with Crippen molar-refractivity contribution < 1.29 is 17.9 Å². The quantitative estimate of drug-likeness (QED) is 0.545. The van der Waals surface area contributed by atoms with Crippen LogP contribution in [-0.2, 0) is 14.8 Å². The fraction of sp³-hybridized carbons (Fsp3) is 0.261. The molecular formula is C23H26N2O4S. The van der Waals surface area contributed by atoms with Gasteiger partial charge in [0.25, 0.3) is 0 Å². The number of amides is 1. The number of hydrogen-bond acceptors (Lipinski definition) is 4. The molecule has 3 aromatic rings. The minimum absolute atomic E-state index is 0.0175. The van der Waals surface area contributed by atoms with Crippen LogP contribution in [-0.4, -0.2) is 27.5 Å². The van der Waals surface area contributed by atoms with Gasteiger partial charge in [0.05, 0.1) is 17.5 Å². The Bertz CT molecular complexity index is 1110. The number of ether oxygens (including phenoxy) is 1. The van der Waals surface area contributed by atoms with E-state index in [1.165, 1.54) is 12.1 Å². The Kier molecular flexibility index (Phi) is 7.07. The normalized spacial score (nSPS) is 12.5. The Morgan fingerprint density at radius 1 is 1.00 bits per heavy atom. The number of rotatable bonds is 9. The van der Waals surface area contributed by atoms with Gasteiger partial charge in [0, 0.05) is 13.0 Å². The highest BCUT2D eigenvalue weighted by Gasteiger charge is 2.16. The smallest absolute Gasteiger partial charge is 0.240 e. The molecule has 3 aromatic carbocycles. The van der Waals surface area contributed by atoms with Crippen LogP contribution in [0.1, 0.15) is 31.9 Å². The second-order valence-electron chi connectivity index (χ2n) is 6.91. The molecule has 0 bridgehead atoms. The van der Waals surface area contributed by atoms with Crippen LogP contribution in [0.25, 0.3) is 10.8 Å². The first-order chi connectivity index (χ1) is 14.4. The lowest BCUT2D eigenvalue weighted by molar-refractivity contribution is -0.121. The van der Waals surface area contributed by atoms with E-state index in [0.29, 0.717) is 12.4 Å². The van der Waals surface area contributed by atoms with Crippen molar-refractivity contribution >= 4 is 26.7 Å². The number of nitrogens with one attached hydrogen (secondary N) is 2. The summed E-state index contributed by atoms with van der Waals surface area (Å²) < 4.78 is 32.6. The van der Waals surface area contributed by atoms with Crippen LogP contribution in [0.5, 0.6) is 5.75 Å². The predicted octanol–water partition coefficient (Wildman–Crippen LogP) is 3.78. The van der Waals surface area contributed by atoms with Gasteiger partial charge < -0.3 is 10.1 Å². The summed E-state index contributed by atoms with van der Waals surface area (Å²) in [6, 6.07) is 20.0. The third kappa shape index (κ3) is 5.37. The van der Waals surface area contributed by atoms with Crippen molar-refractivity contribution in [2.45, 2.75) is 31.2 Å². The fourth-order valence-corrected chi connectivity index (χ4v) is 4.32. The minimum atomic E-state index is -3.68. The average molecular weight is 427 g/mol. The summed E-state index contributed by atoms with van der Waals surface area (Å²) >= 11 is 0. The third-order valence-corrected chi connectivity index (χ3v) is 6.23. The second kappa shape index (κ2) is 9.73. The SMILES string of the molecule is CCOc1ccc(S(=O)(=O)NCCC(=O)N[C@H](C)c2cccc3ccccc23)cc1. The molecular weight excluding hydrogens is 400 g/mol. The zero-order chi connectivity index (χ0) is 21.6. The molecule has 1 atom stereocenters. The number of sulfonamides is 1. The molecule has 0 aliphatic heterocycles. The van der Waals surface area contributed by atoms with E-state index in [1.54, 1.807) is 12.1 Å². The zero-order valence-electron chi connectivity index (χ0n) is 17.1. The van der Waals surface area contributed by atoms with Gasteiger partial charge in [-0.2, -0.15) is 0 Å². The van der Waals surface area contributed by atoms with E-state index in [0.717, 1.165) is 16.3 Å². The molecule has 6 nitrogen and oxygen atoms in total. The minimum Gasteiger partial charge on any atom is -0.494 e. The van der Waals surface area contributed by atoms with Gasteiger partial charge in [0.15, 0.2) is 0 Å². The third-order valence-electron chi connectivity index (χ3n) is 4.76. The maximum absolute atomic E-state index is 12.4. The first-order valence-electron chi connectivity index (χ1n) is 9.90. The van der Waals surface area contributed by atoms with Gasteiger partial charge >= 0.3 is 0 Å². The van der Waals surface area contributed by atoms with Crippen molar-refractivity contribution in [1.29, 1.82) is 0 Å². The Morgan fingerprint density at radius 3 is 2.43 bits per heavy atom. The Hall–Kier alpha value is -2.90. The van der Waals surface area contributed by atoms with Gasteiger partial charge in [-0.1, -0.05) is 42.5 Å². The molecule has 7 heteroatoms. The molecule has 3 rings (SSSR count). The second-order valence-corrected chi connectivity index (χ2v) is 8.68. The van der Waals surface area contributed by atoms with Crippen LogP contribution in [0, 0.1) is 0 Å². The topological polar surface area (TPSA) is 84.5 Å². The highest BCUT2D eigenvalue weighted by atomic mass is 32.2. The number of carbonyl (C=O) groups is 1. The monoisotopic (exact) mass is 426 g/mol. The average Bonchev–Trinajstić information content (AvgIpc) is 2.73. The highest BCUT2D eigenvalue weighted by molar-refractivity contribution is 7.89. The lowest BCUT2D eigenvalue weighted by atomic mass is 9.99. The van der Waals surface area contributed by atoms with Gasteiger partial charge in [-0.05, 0) is 54.4 Å². The van der Waals surface area contributed by atoms with Crippen molar-refractivity contribution in [1.82, 2.24) is 10.0 Å². The molecule has 158 valence electrons. The van der Waals surface area contributed by atoms with Gasteiger partial charge in [-0.3, -0.25) is 4.79 Å². The lowest BCUT2D eigenvalue weighted by Gasteiger charge is -2.17. The summed E-state index contributed by atoms with van der Waals surface area (Å²) in [5, 5.41) is 5.14. The Morgan fingerprint density at radius 2 is 1.70 bits per heavy atom. The molecule has 0 fully saturated rings. The zero-order valence-corrected chi connectivity index (χ0v) is 17.9. The Labute approximate surface area is 177 Å². The first kappa shape index (κ1) is 21.8. The largest absolute Gasteiger partial charge is 0.494 e. The molecule has 0 aliphatic rings. The van der Waals surface area contributed by atoms with Crippen LogP contribution in [0.3, 0.4) is 0 Å². The standard InChI is InChI=1S/C23H26N2O4S/c1-3-29-19-11-13-20(14-12-19)30(27,28)24-16-15-23(26)25-17(2)21-10-6-8-18-7-4-5-9-22(18)21/h4-14,17,24H,3,15-16H2,1-2H3,(H,25,26)/t17-/m1/s1. The maximum atomic E-state index is 12.4. The summed E-state index contributed by atoms with van der Waals surface area (Å²) in [5.41, 5.74) is 1.02. The molecule has 2 N–H and O–H groups in total. The molecule has 0 saturated heterocycles. The van der Waals surface area contributed by atoms with E-state index in [2.05, 4.69) is 10.0 Å². The van der Waals surface area contributed by atoms with E-state index in [4.69, 9.17) is 4.74 Å². The number of benzene rings is 3. The van der Waals surface area contributed by atoms with Crippen LogP contribution in [0.4, 0.5) is 0 Å². The Balaban J connectivity index is 1.55. The van der Waals surface area contributed by atoms with Crippen molar-refractivity contribution in [3.63, 3.8) is 0 Å². The maximum Gasteiger partial charge on any atom is 0.240 e. The molecule has 0 spiro atoms. The number of carbonyl (C=O) groups excluding carboxylic acids is 1. The lowest BCUT2D eigenvalue weighted by Crippen LogP contribution is -2.32. The highest BCUT2D eigenvalue weighted by Crippen LogP contribution is 2.24. The molecule has 0 aromatic heterocycles. The molecule has 0 saturated carbocycles. The van der Waals surface area contributed by atoms with Gasteiger partial charge in [0.2, 0.25) is 15.9 Å². The molecule has 30 heavy (non-hydrogen) atoms. The van der Waals surface area contributed by atoms with Crippen molar-refractivity contribution in [3.05, 3.63) is 72.3 Å². The van der Waals surface area contributed by atoms with E-state index >= 15 is 0 Å². The number of fused-ring (bicyclic) bond motifs is 1. The summed E-state index contributed by atoms with van der Waals surface area (Å²) in [4.78, 5) is 12.5. The molecule has 0 unspecified atom stereocenters. The van der Waals surface area contributed by atoms with Gasteiger partial charge in [-0.15, -0.1) is 0 Å². The molecule has 0 aliphatic carbocycles. The van der Waals surface area contributed by atoms with Crippen molar-refractivity contribution in [2.75, 3.05) is 13.2 Å². The molecule has 1 amide bonds. The molecule has 0 radical (unpaired) electrons. The summed E-state index contributed by atoms with van der Waals surface area (Å²) in [6.45, 7) is 4.31. The first-order valence-corrected chi connectivity index (χ1v) is 11.4. The van der Waals surface area contributed by atoms with E-state index in [-0.39, 0.29) is 29.8 Å². The van der Waals surface area contributed by atoms with Gasteiger partial charge in [0.1, 0.15) is 5.75 Å². The fourth-order valence-electron chi connectivity index (χ4n) is 3.28. The predicted molar refractivity (Wildman–Crippen MR) is 118 cm³/mol.